The molecule has 0 saturated heterocycles. The molecule has 0 aliphatic rings. The molecule has 12 heavy (non-hydrogen) atoms. The summed E-state index contributed by atoms with van der Waals surface area (Å²) in [6, 6.07) is 7.77. The maximum absolute atomic E-state index is 7.17. The molecule has 0 aliphatic carbocycles. The third-order valence-electron chi connectivity index (χ3n) is 1.94. The summed E-state index contributed by atoms with van der Waals surface area (Å²) in [5, 5.41) is 7.17. The van der Waals surface area contributed by atoms with Gasteiger partial charge in [0.25, 0.3) is 0 Å². The van der Waals surface area contributed by atoms with Crippen LogP contribution in [0.5, 0.6) is 0 Å². The molecule has 0 radical (unpaired) electrons. The van der Waals surface area contributed by atoms with Crippen LogP contribution in [0.1, 0.15) is 24.2 Å². The van der Waals surface area contributed by atoms with Crippen molar-refractivity contribution in [3.63, 3.8) is 0 Å². The maximum Gasteiger partial charge on any atom is 0.0799 e. The van der Waals surface area contributed by atoms with Crippen LogP contribution in [0.3, 0.4) is 0 Å². The third kappa shape index (κ3) is 1.71. The minimum absolute atomic E-state index is 0.0581. The van der Waals surface area contributed by atoms with E-state index < -0.39 is 0 Å². The lowest BCUT2D eigenvalue weighted by Crippen LogP contribution is -1.99. The highest BCUT2D eigenvalue weighted by Gasteiger charge is 2.06. The van der Waals surface area contributed by atoms with Crippen molar-refractivity contribution < 1.29 is 4.74 Å². The van der Waals surface area contributed by atoms with Crippen LogP contribution in [0.2, 0.25) is 0 Å². The lowest BCUT2D eigenvalue weighted by Gasteiger charge is -2.11. The van der Waals surface area contributed by atoms with Gasteiger partial charge in [0.15, 0.2) is 0 Å². The molecule has 2 heteroatoms. The first-order valence-corrected chi connectivity index (χ1v) is 3.91. The molecule has 1 unspecified atom stereocenters. The van der Waals surface area contributed by atoms with Gasteiger partial charge in [-0.3, -0.25) is 0 Å². The summed E-state index contributed by atoms with van der Waals surface area (Å²) < 4.78 is 5.18. The van der Waals surface area contributed by atoms with E-state index in [-0.39, 0.29) is 6.10 Å². The Morgan fingerprint density at radius 3 is 2.67 bits per heavy atom. The second-order valence-corrected chi connectivity index (χ2v) is 2.65. The summed E-state index contributed by atoms with van der Waals surface area (Å²) in [7, 11) is 1.67. The standard InChI is InChI=1S/C10H13NO/c1-8(12-2)10-6-4-3-5-9(10)7-11/h3-8,11H,1-2H3. The highest BCUT2D eigenvalue weighted by molar-refractivity contribution is 5.79. The minimum Gasteiger partial charge on any atom is -0.377 e. The Morgan fingerprint density at radius 1 is 1.42 bits per heavy atom. The molecule has 0 amide bonds. The molecule has 0 fully saturated rings. The van der Waals surface area contributed by atoms with Crippen molar-refractivity contribution in [1.29, 1.82) is 5.41 Å². The van der Waals surface area contributed by atoms with E-state index in [1.807, 2.05) is 31.2 Å². The third-order valence-corrected chi connectivity index (χ3v) is 1.94. The molecule has 64 valence electrons. The topological polar surface area (TPSA) is 33.1 Å². The van der Waals surface area contributed by atoms with Crippen LogP contribution in [0, 0.1) is 5.41 Å². The minimum atomic E-state index is 0.0581. The number of benzene rings is 1. The number of methoxy groups -OCH3 is 1. The van der Waals surface area contributed by atoms with E-state index in [0.717, 1.165) is 11.1 Å². The molecular weight excluding hydrogens is 150 g/mol. The van der Waals surface area contributed by atoms with E-state index in [1.165, 1.54) is 6.21 Å². The molecule has 1 aromatic rings. The predicted octanol–water partition coefficient (Wildman–Crippen LogP) is 2.39. The van der Waals surface area contributed by atoms with Crippen LogP contribution in [0.25, 0.3) is 0 Å². The Bertz CT molecular complexity index is 270. The fourth-order valence-electron chi connectivity index (χ4n) is 1.14. The molecule has 1 rings (SSSR count). The van der Waals surface area contributed by atoms with Crippen LogP contribution in [-0.2, 0) is 4.74 Å². The lowest BCUT2D eigenvalue weighted by molar-refractivity contribution is 0.119. The summed E-state index contributed by atoms with van der Waals surface area (Å²) in [6.45, 7) is 1.97. The largest absolute Gasteiger partial charge is 0.377 e. The van der Waals surface area contributed by atoms with Crippen molar-refractivity contribution in [3.05, 3.63) is 35.4 Å². The molecule has 1 N–H and O–H groups in total. The first kappa shape index (κ1) is 8.94. The summed E-state index contributed by atoms with van der Waals surface area (Å²) in [6.07, 6.45) is 1.41. The van der Waals surface area contributed by atoms with Gasteiger partial charge >= 0.3 is 0 Å². The Kier molecular flexibility index (Phi) is 3.00. The fourth-order valence-corrected chi connectivity index (χ4v) is 1.14. The number of nitrogens with one attached hydrogen (secondary N) is 1. The smallest absolute Gasteiger partial charge is 0.0799 e. The van der Waals surface area contributed by atoms with E-state index in [0.29, 0.717) is 0 Å². The van der Waals surface area contributed by atoms with E-state index in [1.54, 1.807) is 7.11 Å². The van der Waals surface area contributed by atoms with E-state index >= 15 is 0 Å². The summed E-state index contributed by atoms with van der Waals surface area (Å²) >= 11 is 0. The van der Waals surface area contributed by atoms with Gasteiger partial charge < -0.3 is 10.1 Å². The zero-order valence-corrected chi connectivity index (χ0v) is 7.37. The van der Waals surface area contributed by atoms with Gasteiger partial charge in [0.1, 0.15) is 0 Å². The van der Waals surface area contributed by atoms with Crippen molar-refractivity contribution in [3.8, 4) is 0 Å². The van der Waals surface area contributed by atoms with Crippen molar-refractivity contribution in [2.45, 2.75) is 13.0 Å². The lowest BCUT2D eigenvalue weighted by atomic mass is 10.0. The van der Waals surface area contributed by atoms with Gasteiger partial charge in [-0.05, 0) is 18.1 Å². The molecule has 0 bridgehead atoms. The Hall–Kier alpha value is -1.15. The summed E-state index contributed by atoms with van der Waals surface area (Å²) in [5.74, 6) is 0. The zero-order valence-electron chi connectivity index (χ0n) is 7.37. The number of hydrogen-bond donors (Lipinski definition) is 1. The molecule has 0 aromatic heterocycles. The van der Waals surface area contributed by atoms with Crippen molar-refractivity contribution in [2.75, 3.05) is 7.11 Å². The molecule has 1 aromatic carbocycles. The first-order chi connectivity index (χ1) is 5.79. The summed E-state index contributed by atoms with van der Waals surface area (Å²) in [4.78, 5) is 0. The summed E-state index contributed by atoms with van der Waals surface area (Å²) in [5.41, 5.74) is 1.99. The highest BCUT2D eigenvalue weighted by Crippen LogP contribution is 2.18. The van der Waals surface area contributed by atoms with Crippen molar-refractivity contribution in [2.24, 2.45) is 0 Å². The quantitative estimate of drug-likeness (QED) is 0.682. The first-order valence-electron chi connectivity index (χ1n) is 3.91. The predicted molar refractivity (Wildman–Crippen MR) is 49.8 cm³/mol. The molecule has 0 spiro atoms. The van der Waals surface area contributed by atoms with E-state index in [2.05, 4.69) is 0 Å². The van der Waals surface area contributed by atoms with E-state index in [4.69, 9.17) is 10.1 Å². The number of ether oxygens (including phenoxy) is 1. The molecule has 2 nitrogen and oxygen atoms in total. The van der Waals surface area contributed by atoms with Crippen molar-refractivity contribution >= 4 is 6.21 Å². The second-order valence-electron chi connectivity index (χ2n) is 2.65. The van der Waals surface area contributed by atoms with Gasteiger partial charge in [-0.15, -0.1) is 0 Å². The zero-order chi connectivity index (χ0) is 8.97. The van der Waals surface area contributed by atoms with Crippen LogP contribution in [0.15, 0.2) is 24.3 Å². The van der Waals surface area contributed by atoms with E-state index in [9.17, 15) is 0 Å². The molecule has 0 heterocycles. The average Bonchev–Trinajstić information content (AvgIpc) is 2.16. The molecule has 0 aliphatic heterocycles. The van der Waals surface area contributed by atoms with Crippen LogP contribution < -0.4 is 0 Å². The van der Waals surface area contributed by atoms with Crippen LogP contribution in [-0.4, -0.2) is 13.3 Å². The van der Waals surface area contributed by atoms with Gasteiger partial charge in [-0.1, -0.05) is 24.3 Å². The van der Waals surface area contributed by atoms with Gasteiger partial charge in [-0.25, -0.2) is 0 Å². The Labute approximate surface area is 72.7 Å². The molecule has 1 atom stereocenters. The second kappa shape index (κ2) is 4.02. The van der Waals surface area contributed by atoms with Crippen LogP contribution in [0.4, 0.5) is 0 Å². The Morgan fingerprint density at radius 2 is 2.08 bits per heavy atom. The maximum atomic E-state index is 7.17. The Balaban J connectivity index is 3.04. The van der Waals surface area contributed by atoms with Gasteiger partial charge in [0, 0.05) is 13.3 Å². The van der Waals surface area contributed by atoms with Gasteiger partial charge in [0.2, 0.25) is 0 Å². The number of hydrogen-bond acceptors (Lipinski definition) is 2. The monoisotopic (exact) mass is 163 g/mol. The molecule has 0 saturated carbocycles. The average molecular weight is 163 g/mol. The normalized spacial score (nSPS) is 12.5. The van der Waals surface area contributed by atoms with Gasteiger partial charge in [-0.2, -0.15) is 0 Å². The van der Waals surface area contributed by atoms with Crippen LogP contribution >= 0.6 is 0 Å². The van der Waals surface area contributed by atoms with Crippen molar-refractivity contribution in [1.82, 2.24) is 0 Å². The molecular formula is C10H13NO. The SMILES string of the molecule is COC(C)c1ccccc1C=N. The number of rotatable bonds is 3. The fraction of sp³-hybridized carbons (Fsp3) is 0.300. The highest BCUT2D eigenvalue weighted by atomic mass is 16.5. The van der Waals surface area contributed by atoms with Gasteiger partial charge in [0.05, 0.1) is 6.10 Å².